The highest BCUT2D eigenvalue weighted by molar-refractivity contribution is 7.99. The van der Waals surface area contributed by atoms with Gasteiger partial charge < -0.3 is 10.1 Å². The van der Waals surface area contributed by atoms with E-state index >= 15 is 0 Å². The molecule has 23 heavy (non-hydrogen) atoms. The van der Waals surface area contributed by atoms with Crippen molar-refractivity contribution in [2.24, 2.45) is 0 Å². The van der Waals surface area contributed by atoms with Crippen molar-refractivity contribution in [1.29, 1.82) is 0 Å². The van der Waals surface area contributed by atoms with Gasteiger partial charge in [-0.15, -0.1) is 11.8 Å². The number of aryl methyl sites for hydroxylation is 1. The van der Waals surface area contributed by atoms with Gasteiger partial charge in [-0.3, -0.25) is 4.79 Å². The van der Waals surface area contributed by atoms with E-state index in [9.17, 15) is 4.79 Å². The van der Waals surface area contributed by atoms with Crippen LogP contribution in [0.25, 0.3) is 0 Å². The zero-order valence-corrected chi connectivity index (χ0v) is 14.7. The minimum absolute atomic E-state index is 0.0837. The standard InChI is InChI=1S/C19H23NO2S/c1-14-8-7-11-18(15(14)2)22-16(3)19(21)20-12-13-23-17-9-5-4-6-10-17/h4-11,16H,12-13H2,1-3H3,(H,20,21)/t16-/m0/s1. The second kappa shape index (κ2) is 8.63. The molecule has 0 aliphatic heterocycles. The first-order valence-corrected chi connectivity index (χ1v) is 8.75. The zero-order valence-electron chi connectivity index (χ0n) is 13.8. The van der Waals surface area contributed by atoms with Crippen LogP contribution in [0.4, 0.5) is 0 Å². The van der Waals surface area contributed by atoms with Crippen molar-refractivity contribution in [3.63, 3.8) is 0 Å². The minimum Gasteiger partial charge on any atom is -0.481 e. The topological polar surface area (TPSA) is 38.3 Å². The quantitative estimate of drug-likeness (QED) is 0.617. The number of amides is 1. The Kier molecular flexibility index (Phi) is 6.53. The molecule has 0 aliphatic rings. The Hall–Kier alpha value is -1.94. The molecular weight excluding hydrogens is 306 g/mol. The van der Waals surface area contributed by atoms with Gasteiger partial charge in [-0.05, 0) is 50.1 Å². The molecule has 0 aliphatic carbocycles. The van der Waals surface area contributed by atoms with Gasteiger partial charge in [-0.25, -0.2) is 0 Å². The fourth-order valence-corrected chi connectivity index (χ4v) is 2.89. The normalized spacial score (nSPS) is 11.8. The lowest BCUT2D eigenvalue weighted by atomic mass is 10.1. The summed E-state index contributed by atoms with van der Waals surface area (Å²) >= 11 is 1.73. The first kappa shape index (κ1) is 17.4. The highest BCUT2D eigenvalue weighted by Crippen LogP contribution is 2.21. The summed E-state index contributed by atoms with van der Waals surface area (Å²) in [5, 5.41) is 2.92. The van der Waals surface area contributed by atoms with E-state index in [2.05, 4.69) is 17.4 Å². The molecule has 0 radical (unpaired) electrons. The average Bonchev–Trinajstić information content (AvgIpc) is 2.56. The van der Waals surface area contributed by atoms with Gasteiger partial charge in [-0.1, -0.05) is 30.3 Å². The van der Waals surface area contributed by atoms with Gasteiger partial charge in [0, 0.05) is 17.2 Å². The zero-order chi connectivity index (χ0) is 16.7. The SMILES string of the molecule is Cc1cccc(O[C@@H](C)C(=O)NCCSc2ccccc2)c1C. The molecule has 4 heteroatoms. The number of thioether (sulfide) groups is 1. The van der Waals surface area contributed by atoms with Crippen LogP contribution in [0.15, 0.2) is 53.4 Å². The number of rotatable bonds is 7. The van der Waals surface area contributed by atoms with Crippen molar-refractivity contribution in [3.8, 4) is 5.75 Å². The molecular formula is C19H23NO2S. The van der Waals surface area contributed by atoms with Crippen molar-refractivity contribution in [3.05, 3.63) is 59.7 Å². The van der Waals surface area contributed by atoms with E-state index in [1.165, 1.54) is 4.90 Å². The van der Waals surface area contributed by atoms with Crippen molar-refractivity contribution < 1.29 is 9.53 Å². The minimum atomic E-state index is -0.503. The number of hydrogen-bond donors (Lipinski definition) is 1. The Labute approximate surface area is 142 Å². The van der Waals surface area contributed by atoms with Crippen LogP contribution in [0, 0.1) is 13.8 Å². The van der Waals surface area contributed by atoms with Gasteiger partial charge >= 0.3 is 0 Å². The fourth-order valence-electron chi connectivity index (χ4n) is 2.10. The average molecular weight is 329 g/mol. The molecule has 0 bridgehead atoms. The van der Waals surface area contributed by atoms with Crippen LogP contribution in [0.1, 0.15) is 18.1 Å². The van der Waals surface area contributed by atoms with Crippen LogP contribution in [-0.4, -0.2) is 24.3 Å². The van der Waals surface area contributed by atoms with Crippen molar-refractivity contribution >= 4 is 17.7 Å². The summed E-state index contributed by atoms with van der Waals surface area (Å²) in [6.45, 7) is 6.44. The van der Waals surface area contributed by atoms with E-state index < -0.39 is 6.10 Å². The van der Waals surface area contributed by atoms with E-state index in [0.717, 1.165) is 22.6 Å². The summed E-state index contributed by atoms with van der Waals surface area (Å²) in [4.78, 5) is 13.3. The molecule has 0 spiro atoms. The third-order valence-electron chi connectivity index (χ3n) is 3.64. The van der Waals surface area contributed by atoms with E-state index in [4.69, 9.17) is 4.74 Å². The second-order valence-corrected chi connectivity index (χ2v) is 6.58. The maximum atomic E-state index is 12.1. The first-order chi connectivity index (χ1) is 11.1. The van der Waals surface area contributed by atoms with E-state index in [1.54, 1.807) is 18.7 Å². The largest absolute Gasteiger partial charge is 0.481 e. The second-order valence-electron chi connectivity index (χ2n) is 5.41. The highest BCUT2D eigenvalue weighted by atomic mass is 32.2. The van der Waals surface area contributed by atoms with Gasteiger partial charge in [-0.2, -0.15) is 0 Å². The van der Waals surface area contributed by atoms with Crippen molar-refractivity contribution in [1.82, 2.24) is 5.32 Å². The Morgan fingerprint density at radius 1 is 1.13 bits per heavy atom. The Balaban J connectivity index is 1.75. The molecule has 0 saturated carbocycles. The van der Waals surface area contributed by atoms with Gasteiger partial charge in [0.15, 0.2) is 6.10 Å². The molecule has 0 heterocycles. The summed E-state index contributed by atoms with van der Waals surface area (Å²) < 4.78 is 5.78. The van der Waals surface area contributed by atoms with Crippen molar-refractivity contribution in [2.75, 3.05) is 12.3 Å². The third-order valence-corrected chi connectivity index (χ3v) is 4.65. The molecule has 0 unspecified atom stereocenters. The van der Waals surface area contributed by atoms with Crippen LogP contribution in [-0.2, 0) is 4.79 Å². The molecule has 2 aromatic rings. The van der Waals surface area contributed by atoms with E-state index in [1.807, 2.05) is 50.2 Å². The van der Waals surface area contributed by atoms with Gasteiger partial charge in [0.1, 0.15) is 5.75 Å². The Morgan fingerprint density at radius 3 is 2.61 bits per heavy atom. The fraction of sp³-hybridized carbons (Fsp3) is 0.316. The van der Waals surface area contributed by atoms with Gasteiger partial charge in [0.05, 0.1) is 0 Å². The lowest BCUT2D eigenvalue weighted by molar-refractivity contribution is -0.127. The molecule has 2 aromatic carbocycles. The number of carbonyl (C=O) groups is 1. The molecule has 3 nitrogen and oxygen atoms in total. The Morgan fingerprint density at radius 2 is 1.87 bits per heavy atom. The number of nitrogens with one attached hydrogen (secondary N) is 1. The molecule has 1 N–H and O–H groups in total. The number of carbonyl (C=O) groups excluding carboxylic acids is 1. The Bertz CT molecular complexity index is 643. The lowest BCUT2D eigenvalue weighted by Gasteiger charge is -2.17. The molecule has 1 amide bonds. The molecule has 0 aromatic heterocycles. The predicted molar refractivity (Wildman–Crippen MR) is 96.2 cm³/mol. The summed E-state index contributed by atoms with van der Waals surface area (Å²) in [5.41, 5.74) is 2.24. The van der Waals surface area contributed by atoms with Crippen LogP contribution >= 0.6 is 11.8 Å². The molecule has 2 rings (SSSR count). The maximum Gasteiger partial charge on any atom is 0.260 e. The molecule has 122 valence electrons. The first-order valence-electron chi connectivity index (χ1n) is 7.76. The monoisotopic (exact) mass is 329 g/mol. The highest BCUT2D eigenvalue weighted by Gasteiger charge is 2.15. The molecule has 1 atom stereocenters. The predicted octanol–water partition coefficient (Wildman–Crippen LogP) is 3.98. The molecule has 0 fully saturated rings. The summed E-state index contributed by atoms with van der Waals surface area (Å²) in [5.74, 6) is 1.53. The van der Waals surface area contributed by atoms with Crippen LogP contribution in [0.5, 0.6) is 5.75 Å². The number of hydrogen-bond acceptors (Lipinski definition) is 3. The maximum absolute atomic E-state index is 12.1. The summed E-state index contributed by atoms with van der Waals surface area (Å²) in [6.07, 6.45) is -0.503. The lowest BCUT2D eigenvalue weighted by Crippen LogP contribution is -2.37. The van der Waals surface area contributed by atoms with Crippen LogP contribution in [0.3, 0.4) is 0 Å². The summed E-state index contributed by atoms with van der Waals surface area (Å²) in [7, 11) is 0. The number of benzene rings is 2. The van der Waals surface area contributed by atoms with Gasteiger partial charge in [0.25, 0.3) is 5.91 Å². The van der Waals surface area contributed by atoms with Crippen LogP contribution < -0.4 is 10.1 Å². The number of ether oxygens (including phenoxy) is 1. The molecule has 0 saturated heterocycles. The van der Waals surface area contributed by atoms with Crippen molar-refractivity contribution in [2.45, 2.75) is 31.8 Å². The van der Waals surface area contributed by atoms with E-state index in [-0.39, 0.29) is 5.91 Å². The van der Waals surface area contributed by atoms with Crippen LogP contribution in [0.2, 0.25) is 0 Å². The smallest absolute Gasteiger partial charge is 0.260 e. The third kappa shape index (κ3) is 5.32. The summed E-state index contributed by atoms with van der Waals surface area (Å²) in [6, 6.07) is 16.0. The van der Waals surface area contributed by atoms with Gasteiger partial charge in [0.2, 0.25) is 0 Å². The van der Waals surface area contributed by atoms with E-state index in [0.29, 0.717) is 6.54 Å².